The molecule has 8 aromatic carbocycles. The molecule has 2 aliphatic carbocycles. The van der Waals surface area contributed by atoms with E-state index in [1.165, 1.54) is 120 Å². The topological polar surface area (TPSA) is 15.3 Å². The molecule has 0 saturated heterocycles. The van der Waals surface area contributed by atoms with E-state index < -0.39 is 0 Å². The van der Waals surface area contributed by atoms with E-state index >= 15 is 0 Å². The van der Waals surface area contributed by atoms with Crippen LogP contribution in [0.5, 0.6) is 0 Å². The Bertz CT molecular complexity index is 3140. The van der Waals surface area contributed by atoms with E-state index in [1.54, 1.807) is 0 Å². The van der Waals surface area contributed by atoms with Crippen molar-refractivity contribution in [3.63, 3.8) is 0 Å². The Labute approximate surface area is 388 Å². The van der Waals surface area contributed by atoms with E-state index in [0.717, 1.165) is 11.4 Å². The first-order valence-corrected chi connectivity index (χ1v) is 23.8. The van der Waals surface area contributed by atoms with Gasteiger partial charge in [0, 0.05) is 34.0 Å². The first kappa shape index (κ1) is 41.4. The Hall–Kier alpha value is -6.32. The van der Waals surface area contributed by atoms with Gasteiger partial charge in [-0.3, -0.25) is 0 Å². The molecule has 1 aliphatic heterocycles. The fraction of sp³-hybridized carbons (Fsp3) is 0.258. The summed E-state index contributed by atoms with van der Waals surface area (Å²) in [6.07, 6.45) is 4.71. The summed E-state index contributed by atoms with van der Waals surface area (Å²) in [5.41, 5.74) is 21.9. The third-order valence-electron chi connectivity index (χ3n) is 15.6. The van der Waals surface area contributed by atoms with Crippen molar-refractivity contribution in [2.24, 2.45) is 0 Å². The summed E-state index contributed by atoms with van der Waals surface area (Å²) in [6, 6.07) is 61.4. The van der Waals surface area contributed by atoms with Crippen molar-refractivity contribution >= 4 is 57.4 Å². The molecule has 0 aromatic heterocycles. The van der Waals surface area contributed by atoms with Gasteiger partial charge in [0.05, 0.1) is 0 Å². The van der Waals surface area contributed by atoms with Gasteiger partial charge in [-0.25, -0.2) is 0 Å². The van der Waals surface area contributed by atoms with Crippen molar-refractivity contribution in [1.82, 2.24) is 0 Å². The van der Waals surface area contributed by atoms with Gasteiger partial charge in [0.2, 0.25) is 0 Å². The molecule has 2 nitrogen and oxygen atoms in total. The normalized spacial score (nSPS) is 17.3. The summed E-state index contributed by atoms with van der Waals surface area (Å²) in [7, 11) is 2.53. The average Bonchev–Trinajstić information content (AvgIpc) is 3.31. The van der Waals surface area contributed by atoms with Crippen molar-refractivity contribution in [2.45, 2.75) is 103 Å². The molecule has 11 rings (SSSR count). The molecule has 8 aromatic rings. The third-order valence-corrected chi connectivity index (χ3v) is 15.6. The van der Waals surface area contributed by atoms with E-state index in [4.69, 9.17) is 0 Å². The van der Waals surface area contributed by atoms with Crippen LogP contribution in [0.1, 0.15) is 103 Å². The maximum atomic E-state index is 3.95. The van der Waals surface area contributed by atoms with Crippen LogP contribution in [0.2, 0.25) is 0 Å². The lowest BCUT2D eigenvalue weighted by Gasteiger charge is -2.45. The van der Waals surface area contributed by atoms with Crippen LogP contribution < -0.4 is 21.1 Å². The summed E-state index contributed by atoms with van der Waals surface area (Å²) >= 11 is 0. The molecular weight excluding hydrogens is 784 g/mol. The number of nitrogens with zero attached hydrogens (tertiary/aromatic N) is 1. The minimum atomic E-state index is 0.0694. The quantitative estimate of drug-likeness (QED) is 0.168. The Morgan fingerprint density at radius 1 is 0.446 bits per heavy atom. The number of nitrogens with one attached hydrogen (secondary N) is 1. The minimum absolute atomic E-state index is 0.0694. The SMILES string of the molecule is CC1(C)CCC(C)(C)c2cc(N3c4cc5c(cc4[B]c4c3cc3ccccc3c4-c3cc(-c4ccccc4)ccc3Nc3ccc(-c4ccccc4)cc3)C(C)(C)CCC5(C)C)ccc21. The highest BCUT2D eigenvalue weighted by Gasteiger charge is 2.41. The summed E-state index contributed by atoms with van der Waals surface area (Å²) in [4.78, 5) is 2.63. The van der Waals surface area contributed by atoms with Crippen molar-refractivity contribution < 1.29 is 0 Å². The van der Waals surface area contributed by atoms with Gasteiger partial charge < -0.3 is 10.2 Å². The molecule has 1 heterocycles. The predicted octanol–water partition coefficient (Wildman–Crippen LogP) is 15.7. The van der Waals surface area contributed by atoms with E-state index in [2.05, 4.69) is 237 Å². The van der Waals surface area contributed by atoms with Crippen LogP contribution in [0, 0.1) is 0 Å². The summed E-state index contributed by atoms with van der Waals surface area (Å²) in [5, 5.41) is 6.41. The molecule has 3 aliphatic rings. The first-order valence-electron chi connectivity index (χ1n) is 23.8. The molecular formula is C62H60BN2. The Morgan fingerprint density at radius 3 is 1.65 bits per heavy atom. The largest absolute Gasteiger partial charge is 0.355 e. The monoisotopic (exact) mass is 843 g/mol. The summed E-state index contributed by atoms with van der Waals surface area (Å²) in [5.74, 6) is 0. The lowest BCUT2D eigenvalue weighted by Crippen LogP contribution is -2.44. The first-order chi connectivity index (χ1) is 31.2. The minimum Gasteiger partial charge on any atom is -0.355 e. The van der Waals surface area contributed by atoms with E-state index in [0.29, 0.717) is 0 Å². The lowest BCUT2D eigenvalue weighted by molar-refractivity contribution is 0.332. The second kappa shape index (κ2) is 15.1. The molecule has 0 spiro atoms. The lowest BCUT2D eigenvalue weighted by atomic mass is 9.54. The maximum Gasteiger partial charge on any atom is 0.197 e. The zero-order valence-electron chi connectivity index (χ0n) is 39.4. The fourth-order valence-corrected chi connectivity index (χ4v) is 11.4. The van der Waals surface area contributed by atoms with Crippen LogP contribution in [-0.4, -0.2) is 7.28 Å². The standard InChI is InChI=1S/C62H60BN2/c1-59(2)31-32-60(3,4)50-37-46(28-29-49(50)59)65-55-39-52-51(61(5,6)33-34-62(52,7)8)38-53(55)63-58-56(65)36-44-21-15-16-22-47(44)57(58)48-35-43(41-19-13-10-14-20-41)25-30-54(48)64-45-26-23-42(24-27-45)40-17-11-9-12-18-40/h9-30,35-39,64H,31-34H2,1-8H3. The van der Waals surface area contributed by atoms with Gasteiger partial charge in [0.25, 0.3) is 0 Å². The third kappa shape index (κ3) is 7.10. The molecule has 0 amide bonds. The zero-order chi connectivity index (χ0) is 44.9. The van der Waals surface area contributed by atoms with Gasteiger partial charge in [-0.2, -0.15) is 0 Å². The van der Waals surface area contributed by atoms with Gasteiger partial charge in [0.15, 0.2) is 7.28 Å². The molecule has 1 radical (unpaired) electrons. The molecule has 0 atom stereocenters. The molecule has 3 heteroatoms. The molecule has 1 N–H and O–H groups in total. The highest BCUT2D eigenvalue weighted by molar-refractivity contribution is 6.73. The van der Waals surface area contributed by atoms with Crippen LogP contribution >= 0.6 is 0 Å². The smallest absolute Gasteiger partial charge is 0.197 e. The van der Waals surface area contributed by atoms with Crippen molar-refractivity contribution in [3.05, 3.63) is 186 Å². The van der Waals surface area contributed by atoms with Crippen LogP contribution in [0.4, 0.5) is 28.4 Å². The molecule has 0 fully saturated rings. The number of rotatable bonds is 6. The van der Waals surface area contributed by atoms with Gasteiger partial charge >= 0.3 is 0 Å². The molecule has 0 saturated carbocycles. The molecule has 65 heavy (non-hydrogen) atoms. The zero-order valence-corrected chi connectivity index (χ0v) is 39.4. The van der Waals surface area contributed by atoms with Crippen LogP contribution in [0.25, 0.3) is 44.2 Å². The Balaban J connectivity index is 1.18. The second-order valence-corrected chi connectivity index (χ2v) is 21.8. The highest BCUT2D eigenvalue weighted by atomic mass is 15.2. The predicted molar refractivity (Wildman–Crippen MR) is 280 cm³/mol. The fourth-order valence-electron chi connectivity index (χ4n) is 11.4. The molecule has 0 bridgehead atoms. The van der Waals surface area contributed by atoms with Crippen molar-refractivity contribution in [1.29, 1.82) is 0 Å². The maximum absolute atomic E-state index is 3.95. The Morgan fingerprint density at radius 2 is 0.985 bits per heavy atom. The number of hydrogen-bond acceptors (Lipinski definition) is 2. The van der Waals surface area contributed by atoms with E-state index in [1.807, 2.05) is 0 Å². The second-order valence-electron chi connectivity index (χ2n) is 21.8. The van der Waals surface area contributed by atoms with Gasteiger partial charge in [-0.05, 0) is 162 Å². The van der Waals surface area contributed by atoms with Gasteiger partial charge in [-0.15, -0.1) is 0 Å². The van der Waals surface area contributed by atoms with E-state index in [9.17, 15) is 0 Å². The van der Waals surface area contributed by atoms with E-state index in [-0.39, 0.29) is 21.7 Å². The van der Waals surface area contributed by atoms with Crippen LogP contribution in [-0.2, 0) is 21.7 Å². The van der Waals surface area contributed by atoms with Crippen LogP contribution in [0.3, 0.4) is 0 Å². The summed E-state index contributed by atoms with van der Waals surface area (Å²) in [6.45, 7) is 19.6. The number of fused-ring (bicyclic) bond motifs is 5. The van der Waals surface area contributed by atoms with Crippen molar-refractivity contribution in [2.75, 3.05) is 10.2 Å². The van der Waals surface area contributed by atoms with Gasteiger partial charge in [0.1, 0.15) is 0 Å². The van der Waals surface area contributed by atoms with Crippen molar-refractivity contribution in [3.8, 4) is 33.4 Å². The number of hydrogen-bond donors (Lipinski definition) is 1. The molecule has 0 unspecified atom stereocenters. The summed E-state index contributed by atoms with van der Waals surface area (Å²) < 4.78 is 0. The highest BCUT2D eigenvalue weighted by Crippen LogP contribution is 2.52. The van der Waals surface area contributed by atoms with Crippen LogP contribution in [0.15, 0.2) is 164 Å². The molecule has 321 valence electrons. The number of anilines is 5. The average molecular weight is 844 g/mol. The number of benzene rings is 8. The van der Waals surface area contributed by atoms with Gasteiger partial charge in [-0.1, -0.05) is 176 Å². The Kier molecular flexibility index (Phi) is 9.63.